The number of rotatable bonds is 13. The van der Waals surface area contributed by atoms with Crippen LogP contribution in [-0.4, -0.2) is 106 Å². The molecule has 2 bridgehead atoms. The van der Waals surface area contributed by atoms with Gasteiger partial charge in [0.15, 0.2) is 23.7 Å². The molecule has 2 aliphatic carbocycles. The zero-order valence-corrected chi connectivity index (χ0v) is 26.5. The number of nitrogens with one attached hydrogen (secondary N) is 1. The summed E-state index contributed by atoms with van der Waals surface area (Å²) in [5.41, 5.74) is 4.78. The fourth-order valence-electron chi connectivity index (χ4n) is 7.47. The molecule has 2 heterocycles. The van der Waals surface area contributed by atoms with E-state index in [9.17, 15) is 39.3 Å². The largest absolute Gasteiger partial charge is 0.504 e. The summed E-state index contributed by atoms with van der Waals surface area (Å²) in [5.74, 6) is -5.13. The minimum absolute atomic E-state index is 0.0582. The Labute approximate surface area is 271 Å². The lowest BCUT2D eigenvalue weighted by atomic mass is 9.50. The number of phenolic OH excluding ortho intramolecular Hbond substituents is 1. The number of aliphatic carboxylic acids is 1. The Kier molecular flexibility index (Phi) is 9.53. The molecule has 7 atom stereocenters. The van der Waals surface area contributed by atoms with Gasteiger partial charge in [-0.15, -0.1) is 0 Å². The van der Waals surface area contributed by atoms with Crippen molar-refractivity contribution in [1.29, 1.82) is 0 Å². The van der Waals surface area contributed by atoms with Crippen molar-refractivity contribution in [3.05, 3.63) is 35.1 Å². The Hall–Kier alpha value is -4.21. The van der Waals surface area contributed by atoms with Crippen molar-refractivity contribution in [2.24, 2.45) is 5.73 Å². The zero-order chi connectivity index (χ0) is 34.3. The van der Waals surface area contributed by atoms with Gasteiger partial charge < -0.3 is 50.2 Å². The van der Waals surface area contributed by atoms with E-state index in [1.807, 2.05) is 13.1 Å². The number of carbonyl (C=O) groups is 5. The third-order valence-corrected chi connectivity index (χ3v) is 9.70. The minimum atomic E-state index is -1.98. The number of phenols is 1. The summed E-state index contributed by atoms with van der Waals surface area (Å²) in [6, 6.07) is 2.03. The van der Waals surface area contributed by atoms with Gasteiger partial charge in [-0.3, -0.25) is 9.59 Å². The van der Waals surface area contributed by atoms with E-state index in [1.165, 1.54) is 19.9 Å². The number of hydrogen-bond donors (Lipinski definition) is 5. The molecule has 1 fully saturated rings. The number of likely N-dealkylation sites (tertiary alicyclic amines) is 1. The topological polar surface area (TPSA) is 224 Å². The third-order valence-electron chi connectivity index (χ3n) is 9.70. The number of carboxylic acids is 1. The molecule has 1 saturated heterocycles. The molecule has 1 aromatic rings. The zero-order valence-electron chi connectivity index (χ0n) is 26.5. The molecule has 1 aromatic carbocycles. The van der Waals surface area contributed by atoms with Crippen molar-refractivity contribution in [2.45, 2.75) is 100 Å². The van der Waals surface area contributed by atoms with Gasteiger partial charge in [-0.2, -0.15) is 0 Å². The molecule has 5 rings (SSSR count). The molecule has 15 heteroatoms. The Balaban J connectivity index is 1.26. The van der Waals surface area contributed by atoms with Crippen LogP contribution in [0.15, 0.2) is 24.0 Å². The maximum Gasteiger partial charge on any atom is 0.348 e. The predicted molar refractivity (Wildman–Crippen MR) is 161 cm³/mol. The van der Waals surface area contributed by atoms with Crippen molar-refractivity contribution in [3.63, 3.8) is 0 Å². The summed E-state index contributed by atoms with van der Waals surface area (Å²) in [6.45, 7) is 3.39. The number of likely N-dealkylation sites (N-methyl/N-ethyl adjacent to an activating group) is 1. The molecule has 0 saturated carbocycles. The minimum Gasteiger partial charge on any atom is -0.504 e. The van der Waals surface area contributed by atoms with Gasteiger partial charge in [0, 0.05) is 24.9 Å². The standard InChI is InChI=1S/C32H41N3O12/c1-16(44-30(42)19(34-17(2)36)6-4-5-12-33)29(41)46-22(28(39)40)15-24(38)45-21-9-10-32(43)23-14-18-7-8-20(37)26-25(18)31(32,27(21)47-26)11-13-35(23)3/h7-9,16,19,22-23,27,37,43H,4-6,10-15,33H2,1-3H3,(H,34,36)(H,39,40)/t16-,19-,22-,23-,27-,31-,32+/m0/s1. The van der Waals surface area contributed by atoms with Gasteiger partial charge in [0.25, 0.3) is 0 Å². The monoisotopic (exact) mass is 659 g/mol. The number of ether oxygens (including phenoxy) is 4. The van der Waals surface area contributed by atoms with Crippen LogP contribution in [-0.2, 0) is 50.0 Å². The number of piperidine rings is 1. The molecule has 0 radical (unpaired) electrons. The van der Waals surface area contributed by atoms with E-state index in [2.05, 4.69) is 10.2 Å². The number of unbranched alkanes of at least 4 members (excludes halogenated alkanes) is 1. The Bertz CT molecular complexity index is 1500. The van der Waals surface area contributed by atoms with E-state index >= 15 is 0 Å². The van der Waals surface area contributed by atoms with Gasteiger partial charge in [-0.1, -0.05) is 6.07 Å². The van der Waals surface area contributed by atoms with Crippen molar-refractivity contribution in [1.82, 2.24) is 10.2 Å². The van der Waals surface area contributed by atoms with Crippen LogP contribution >= 0.6 is 0 Å². The van der Waals surface area contributed by atoms with Crippen molar-refractivity contribution in [2.75, 3.05) is 20.1 Å². The number of hydrogen-bond acceptors (Lipinski definition) is 13. The smallest absolute Gasteiger partial charge is 0.348 e. The van der Waals surface area contributed by atoms with Crippen LogP contribution in [0.1, 0.15) is 63.5 Å². The van der Waals surface area contributed by atoms with Gasteiger partial charge >= 0.3 is 23.9 Å². The number of carboxylic acid groups (broad SMARTS) is 1. The first-order valence-corrected chi connectivity index (χ1v) is 15.7. The Morgan fingerprint density at radius 3 is 2.60 bits per heavy atom. The molecule has 0 aromatic heterocycles. The lowest BCUT2D eigenvalue weighted by Crippen LogP contribution is -2.74. The van der Waals surface area contributed by atoms with Crippen molar-refractivity contribution < 1.29 is 58.2 Å². The van der Waals surface area contributed by atoms with E-state index in [1.54, 1.807) is 6.08 Å². The Morgan fingerprint density at radius 1 is 1.17 bits per heavy atom. The summed E-state index contributed by atoms with van der Waals surface area (Å²) < 4.78 is 22.0. The molecule has 0 unspecified atom stereocenters. The number of carbonyl (C=O) groups excluding carboxylic acids is 4. The number of aliphatic hydroxyl groups is 1. The first-order chi connectivity index (χ1) is 22.2. The number of nitrogens with zero attached hydrogens (tertiary/aromatic N) is 1. The van der Waals surface area contributed by atoms with Crippen LogP contribution in [0.5, 0.6) is 11.5 Å². The maximum absolute atomic E-state index is 13.1. The summed E-state index contributed by atoms with van der Waals surface area (Å²) in [5, 5.41) is 35.1. The van der Waals surface area contributed by atoms with Gasteiger partial charge in [0.05, 0.1) is 17.4 Å². The second-order valence-electron chi connectivity index (χ2n) is 12.7. The maximum atomic E-state index is 13.1. The molecule has 4 aliphatic rings. The number of aromatic hydroxyl groups is 1. The molecule has 6 N–H and O–H groups in total. The summed E-state index contributed by atoms with van der Waals surface area (Å²) in [6.07, 6.45) is -1.44. The first-order valence-electron chi connectivity index (χ1n) is 15.7. The molecule has 2 aliphatic heterocycles. The molecule has 1 amide bonds. The molecule has 47 heavy (non-hydrogen) atoms. The van der Waals surface area contributed by atoms with E-state index in [0.29, 0.717) is 44.3 Å². The number of amides is 1. The highest BCUT2D eigenvalue weighted by atomic mass is 16.6. The van der Waals surface area contributed by atoms with Crippen LogP contribution in [0.4, 0.5) is 0 Å². The lowest BCUT2D eigenvalue weighted by Gasteiger charge is -2.61. The molecular formula is C32H41N3O12. The normalized spacial score (nSPS) is 27.2. The van der Waals surface area contributed by atoms with Crippen molar-refractivity contribution in [3.8, 4) is 11.5 Å². The molecule has 256 valence electrons. The van der Waals surface area contributed by atoms with Gasteiger partial charge in [-0.05, 0) is 76.9 Å². The fraction of sp³-hybridized carbons (Fsp3) is 0.594. The lowest BCUT2D eigenvalue weighted by molar-refractivity contribution is -0.180. The van der Waals surface area contributed by atoms with E-state index in [0.717, 1.165) is 5.56 Å². The summed E-state index contributed by atoms with van der Waals surface area (Å²) in [7, 11) is 1.94. The quantitative estimate of drug-likeness (QED) is 0.108. The Morgan fingerprint density at radius 2 is 1.91 bits per heavy atom. The van der Waals surface area contributed by atoms with Crippen LogP contribution in [0.2, 0.25) is 0 Å². The van der Waals surface area contributed by atoms with Crippen LogP contribution in [0.25, 0.3) is 0 Å². The van der Waals surface area contributed by atoms with Gasteiger partial charge in [-0.25, -0.2) is 14.4 Å². The second kappa shape index (κ2) is 13.1. The van der Waals surface area contributed by atoms with E-state index in [-0.39, 0.29) is 36.1 Å². The van der Waals surface area contributed by atoms with Crippen molar-refractivity contribution >= 4 is 29.8 Å². The average molecular weight is 660 g/mol. The SMILES string of the molecule is CC(=O)N[C@@H](CCCCN)C(=O)O[C@@H](C)C(=O)O[C@@H](CC(=O)OC1=CC[C@@]2(O)[C@@H]3Cc4ccc(O)c5c4[C@@]2(CCN3C)[C@H]1O5)C(=O)O. The van der Waals surface area contributed by atoms with Gasteiger partial charge in [0.1, 0.15) is 11.8 Å². The second-order valence-corrected chi connectivity index (χ2v) is 12.7. The van der Waals surface area contributed by atoms with Crippen LogP contribution < -0.4 is 15.8 Å². The molecule has 1 spiro atoms. The van der Waals surface area contributed by atoms with E-state index in [4.69, 9.17) is 24.7 Å². The summed E-state index contributed by atoms with van der Waals surface area (Å²) in [4.78, 5) is 64.1. The highest BCUT2D eigenvalue weighted by Crippen LogP contribution is 2.65. The van der Waals surface area contributed by atoms with Gasteiger partial charge in [0.2, 0.25) is 12.0 Å². The molecule has 15 nitrogen and oxygen atoms in total. The van der Waals surface area contributed by atoms with Crippen LogP contribution in [0, 0.1) is 0 Å². The summed E-state index contributed by atoms with van der Waals surface area (Å²) >= 11 is 0. The first kappa shape index (κ1) is 34.1. The fourth-order valence-corrected chi connectivity index (χ4v) is 7.47. The molecular weight excluding hydrogens is 618 g/mol. The van der Waals surface area contributed by atoms with E-state index < -0.39 is 71.6 Å². The highest BCUT2D eigenvalue weighted by molar-refractivity contribution is 5.87. The number of nitrogens with two attached hydrogens (primary N) is 1. The highest BCUT2D eigenvalue weighted by Gasteiger charge is 2.72. The predicted octanol–water partition coefficient (Wildman–Crippen LogP) is 0.165. The van der Waals surface area contributed by atoms with Crippen LogP contribution in [0.3, 0.4) is 0 Å². The number of esters is 3. The third kappa shape index (κ3) is 6.03. The average Bonchev–Trinajstić information content (AvgIpc) is 3.37. The number of benzene rings is 1.